The van der Waals surface area contributed by atoms with Gasteiger partial charge in [0, 0.05) is 37.4 Å². The quantitative estimate of drug-likeness (QED) is 0.550. The third-order valence-corrected chi connectivity index (χ3v) is 7.40. The molecule has 0 bridgehead atoms. The number of carbonyl (C=O) groups is 1. The van der Waals surface area contributed by atoms with Gasteiger partial charge in [-0.25, -0.2) is 13.1 Å². The lowest BCUT2D eigenvalue weighted by molar-refractivity contribution is -0.137. The molecule has 0 N–H and O–H groups in total. The van der Waals surface area contributed by atoms with E-state index in [1.54, 1.807) is 30.5 Å². The van der Waals surface area contributed by atoms with Gasteiger partial charge in [-0.15, -0.1) is 0 Å². The van der Waals surface area contributed by atoms with Crippen LogP contribution >= 0.6 is 11.6 Å². The fourth-order valence-corrected chi connectivity index (χ4v) is 5.08. The summed E-state index contributed by atoms with van der Waals surface area (Å²) in [7, 11) is -3.97. The number of piperazine rings is 1. The minimum absolute atomic E-state index is 0.0253. The van der Waals surface area contributed by atoms with Gasteiger partial charge in [-0.05, 0) is 42.5 Å². The second-order valence-electron chi connectivity index (χ2n) is 7.37. The van der Waals surface area contributed by atoms with Gasteiger partial charge in [0.2, 0.25) is 10.0 Å². The molecule has 0 aliphatic carbocycles. The van der Waals surface area contributed by atoms with E-state index in [-0.39, 0.29) is 37.0 Å². The number of rotatable bonds is 4. The van der Waals surface area contributed by atoms with Crippen LogP contribution in [0.25, 0.3) is 5.69 Å². The Labute approximate surface area is 193 Å². The van der Waals surface area contributed by atoms with Gasteiger partial charge in [0.1, 0.15) is 0 Å². The number of alkyl halides is 3. The minimum atomic E-state index is -4.55. The van der Waals surface area contributed by atoms with Crippen LogP contribution in [0.2, 0.25) is 5.02 Å². The lowest BCUT2D eigenvalue weighted by Crippen LogP contribution is -2.50. The average molecular weight is 499 g/mol. The molecule has 1 aliphatic heterocycles. The Morgan fingerprint density at radius 2 is 1.67 bits per heavy atom. The van der Waals surface area contributed by atoms with Gasteiger partial charge in [-0.1, -0.05) is 17.7 Å². The van der Waals surface area contributed by atoms with Gasteiger partial charge in [-0.2, -0.15) is 22.6 Å². The third-order valence-electron chi connectivity index (χ3n) is 5.25. The SMILES string of the molecule is O=C(c1cnn(-c2cccc(Cl)c2)c1)N1CCN(S(=O)(=O)c2ccc(C(F)(F)F)cc2)CC1. The molecule has 3 aromatic rings. The first kappa shape index (κ1) is 23.3. The first-order chi connectivity index (χ1) is 15.6. The monoisotopic (exact) mass is 498 g/mol. The number of carbonyl (C=O) groups excluding carboxylic acids is 1. The molecular weight excluding hydrogens is 481 g/mol. The number of nitrogens with zero attached hydrogens (tertiary/aromatic N) is 4. The zero-order chi connectivity index (χ0) is 23.8. The van der Waals surface area contributed by atoms with Crippen LogP contribution in [-0.4, -0.2) is 59.5 Å². The number of hydrogen-bond donors (Lipinski definition) is 0. The molecule has 0 saturated carbocycles. The van der Waals surface area contributed by atoms with E-state index in [4.69, 9.17) is 11.6 Å². The standard InChI is InChI=1S/C21H18ClF3N4O3S/c22-17-2-1-3-18(12-17)29-14-15(13-26-29)20(30)27-8-10-28(11-9-27)33(31,32)19-6-4-16(5-7-19)21(23,24)25/h1-7,12-14H,8-11H2. The van der Waals surface area contributed by atoms with Crippen molar-refractivity contribution in [1.29, 1.82) is 0 Å². The van der Waals surface area contributed by atoms with Crippen LogP contribution in [0.3, 0.4) is 0 Å². The molecular formula is C21H18ClF3N4O3S. The van der Waals surface area contributed by atoms with Gasteiger partial charge in [0.05, 0.1) is 27.9 Å². The van der Waals surface area contributed by atoms with E-state index >= 15 is 0 Å². The highest BCUT2D eigenvalue weighted by atomic mass is 35.5. The van der Waals surface area contributed by atoms with Gasteiger partial charge in [0.25, 0.3) is 5.91 Å². The summed E-state index contributed by atoms with van der Waals surface area (Å²) in [6.07, 6.45) is -1.55. The van der Waals surface area contributed by atoms with Gasteiger partial charge in [0.15, 0.2) is 0 Å². The Balaban J connectivity index is 1.42. The fourth-order valence-electron chi connectivity index (χ4n) is 3.47. The van der Waals surface area contributed by atoms with Crippen LogP contribution < -0.4 is 0 Å². The Bertz CT molecular complexity index is 1270. The molecule has 0 spiro atoms. The highest BCUT2D eigenvalue weighted by Gasteiger charge is 2.33. The van der Waals surface area contributed by atoms with Gasteiger partial charge >= 0.3 is 6.18 Å². The van der Waals surface area contributed by atoms with Crippen molar-refractivity contribution < 1.29 is 26.4 Å². The zero-order valence-corrected chi connectivity index (χ0v) is 18.6. The predicted molar refractivity (Wildman–Crippen MR) is 115 cm³/mol. The smallest absolute Gasteiger partial charge is 0.336 e. The van der Waals surface area contributed by atoms with E-state index in [9.17, 15) is 26.4 Å². The lowest BCUT2D eigenvalue weighted by Gasteiger charge is -2.33. The van der Waals surface area contributed by atoms with E-state index in [1.165, 1.54) is 15.8 Å². The molecule has 174 valence electrons. The van der Waals surface area contributed by atoms with Crippen LogP contribution in [0.5, 0.6) is 0 Å². The van der Waals surface area contributed by atoms with Crippen LogP contribution in [-0.2, 0) is 16.2 Å². The van der Waals surface area contributed by atoms with Crippen molar-refractivity contribution in [1.82, 2.24) is 19.0 Å². The summed E-state index contributed by atoms with van der Waals surface area (Å²) in [5.74, 6) is -0.296. The molecule has 33 heavy (non-hydrogen) atoms. The van der Waals surface area contributed by atoms with E-state index < -0.39 is 21.8 Å². The summed E-state index contributed by atoms with van der Waals surface area (Å²) < 4.78 is 66.5. The highest BCUT2D eigenvalue weighted by molar-refractivity contribution is 7.89. The second-order valence-corrected chi connectivity index (χ2v) is 9.75. The number of aromatic nitrogens is 2. The predicted octanol–water partition coefficient (Wildman–Crippen LogP) is 3.69. The molecule has 7 nitrogen and oxygen atoms in total. The number of hydrogen-bond acceptors (Lipinski definition) is 4. The zero-order valence-electron chi connectivity index (χ0n) is 17.0. The van der Waals surface area contributed by atoms with E-state index in [1.807, 2.05) is 0 Å². The Kier molecular flexibility index (Phi) is 6.21. The van der Waals surface area contributed by atoms with Crippen molar-refractivity contribution >= 4 is 27.5 Å². The molecule has 4 rings (SSSR count). The fraction of sp³-hybridized carbons (Fsp3) is 0.238. The maximum atomic E-state index is 12.8. The summed E-state index contributed by atoms with van der Waals surface area (Å²) in [5, 5.41) is 4.71. The van der Waals surface area contributed by atoms with Gasteiger partial charge in [-0.3, -0.25) is 4.79 Å². The first-order valence-corrected chi connectivity index (χ1v) is 11.6. The van der Waals surface area contributed by atoms with Crippen LogP contribution in [0.1, 0.15) is 15.9 Å². The Morgan fingerprint density at radius 3 is 2.27 bits per heavy atom. The normalized spacial score (nSPS) is 15.6. The molecule has 1 fully saturated rings. The molecule has 2 heterocycles. The minimum Gasteiger partial charge on any atom is -0.336 e. The van der Waals surface area contributed by atoms with Crippen molar-refractivity contribution in [3.63, 3.8) is 0 Å². The third kappa shape index (κ3) is 4.90. The number of halogens is 4. The molecule has 1 aliphatic rings. The van der Waals surface area contributed by atoms with Crippen molar-refractivity contribution in [2.24, 2.45) is 0 Å². The Morgan fingerprint density at radius 1 is 1.00 bits per heavy atom. The summed E-state index contributed by atoms with van der Waals surface area (Å²) in [4.78, 5) is 14.1. The van der Waals surface area contributed by atoms with E-state index in [0.717, 1.165) is 28.6 Å². The summed E-state index contributed by atoms with van der Waals surface area (Å²) in [5.41, 5.74) is 0.109. The lowest BCUT2D eigenvalue weighted by atomic mass is 10.2. The molecule has 0 unspecified atom stereocenters. The van der Waals surface area contributed by atoms with Crippen LogP contribution in [0.15, 0.2) is 65.8 Å². The van der Waals surface area contributed by atoms with Crippen molar-refractivity contribution in [3.8, 4) is 5.69 Å². The molecule has 1 aromatic heterocycles. The average Bonchev–Trinajstić information content (AvgIpc) is 3.29. The van der Waals surface area contributed by atoms with Crippen LogP contribution in [0.4, 0.5) is 13.2 Å². The first-order valence-electron chi connectivity index (χ1n) is 9.83. The Hall–Kier alpha value is -2.89. The van der Waals surface area contributed by atoms with E-state index in [0.29, 0.717) is 16.3 Å². The summed E-state index contributed by atoms with van der Waals surface area (Å²) in [6, 6.07) is 10.3. The topological polar surface area (TPSA) is 75.5 Å². The largest absolute Gasteiger partial charge is 0.416 e. The summed E-state index contributed by atoms with van der Waals surface area (Å²) >= 11 is 5.99. The van der Waals surface area contributed by atoms with E-state index in [2.05, 4.69) is 5.10 Å². The van der Waals surface area contributed by atoms with Crippen molar-refractivity contribution in [2.75, 3.05) is 26.2 Å². The van der Waals surface area contributed by atoms with Crippen molar-refractivity contribution in [3.05, 3.63) is 77.1 Å². The molecule has 12 heteroatoms. The molecule has 0 radical (unpaired) electrons. The maximum absolute atomic E-state index is 12.8. The summed E-state index contributed by atoms with van der Waals surface area (Å²) in [6.45, 7) is 0.330. The number of sulfonamides is 1. The van der Waals surface area contributed by atoms with Crippen LogP contribution in [0, 0.1) is 0 Å². The molecule has 2 aromatic carbocycles. The number of amides is 1. The molecule has 1 saturated heterocycles. The highest BCUT2D eigenvalue weighted by Crippen LogP contribution is 2.30. The van der Waals surface area contributed by atoms with Crippen molar-refractivity contribution in [2.45, 2.75) is 11.1 Å². The number of benzene rings is 2. The second kappa shape index (κ2) is 8.81. The van der Waals surface area contributed by atoms with Gasteiger partial charge < -0.3 is 4.90 Å². The maximum Gasteiger partial charge on any atom is 0.416 e. The molecule has 0 atom stereocenters. The molecule has 1 amide bonds.